The molecule has 0 atom stereocenters. The number of nitrogens with zero attached hydrogens (tertiary/aromatic N) is 2. The topological polar surface area (TPSA) is 44.1 Å². The Hall–Kier alpha value is -2.31. The van der Waals surface area contributed by atoms with Crippen molar-refractivity contribution in [3.8, 4) is 5.69 Å². The summed E-state index contributed by atoms with van der Waals surface area (Å²) in [6.45, 7) is 1.80. The summed E-state index contributed by atoms with van der Waals surface area (Å²) in [5.74, 6) is -4.12. The van der Waals surface area contributed by atoms with E-state index in [1.165, 1.54) is 6.20 Å². The van der Waals surface area contributed by atoms with Crippen molar-refractivity contribution >= 4 is 5.97 Å². The van der Waals surface area contributed by atoms with Gasteiger partial charge < -0.3 is 9.30 Å². The third-order valence-corrected chi connectivity index (χ3v) is 2.34. The van der Waals surface area contributed by atoms with Gasteiger partial charge in [-0.2, -0.15) is 0 Å². The first kappa shape index (κ1) is 13.1. The van der Waals surface area contributed by atoms with E-state index in [0.29, 0.717) is 12.1 Å². The fraction of sp³-hybridized carbons (Fsp3) is 0.167. The number of hydrogen-bond donors (Lipinski definition) is 0. The minimum Gasteiger partial charge on any atom is -0.461 e. The molecule has 0 radical (unpaired) electrons. The molecule has 0 aliphatic heterocycles. The lowest BCUT2D eigenvalue weighted by molar-refractivity contribution is 0.0520. The van der Waals surface area contributed by atoms with Gasteiger partial charge in [0.15, 0.2) is 17.3 Å². The van der Waals surface area contributed by atoms with Gasteiger partial charge in [0.25, 0.3) is 0 Å². The molecule has 1 aromatic carbocycles. The number of aromatic nitrogens is 2. The molecule has 0 saturated carbocycles. The SMILES string of the molecule is CCOC(=O)c1cn(-c2cc(F)c(F)cc2F)cn1. The molecule has 0 fully saturated rings. The highest BCUT2D eigenvalue weighted by atomic mass is 19.2. The summed E-state index contributed by atoms with van der Waals surface area (Å²) in [5, 5.41) is 0. The van der Waals surface area contributed by atoms with Crippen molar-refractivity contribution in [1.29, 1.82) is 0 Å². The molecule has 4 nitrogen and oxygen atoms in total. The number of esters is 1. The van der Waals surface area contributed by atoms with Crippen LogP contribution in [0.4, 0.5) is 13.2 Å². The van der Waals surface area contributed by atoms with Crippen molar-refractivity contribution in [1.82, 2.24) is 9.55 Å². The molecule has 0 N–H and O–H groups in total. The summed E-state index contributed by atoms with van der Waals surface area (Å²) < 4.78 is 45.1. The van der Waals surface area contributed by atoms with Crippen LogP contribution in [0.3, 0.4) is 0 Å². The first-order valence-electron chi connectivity index (χ1n) is 5.39. The number of ether oxygens (including phenoxy) is 1. The maximum Gasteiger partial charge on any atom is 0.358 e. The first-order valence-corrected chi connectivity index (χ1v) is 5.39. The zero-order chi connectivity index (χ0) is 14.0. The number of halogens is 3. The molecule has 2 rings (SSSR count). The quantitative estimate of drug-likeness (QED) is 0.635. The van der Waals surface area contributed by atoms with Gasteiger partial charge in [0.1, 0.15) is 12.1 Å². The number of carbonyl (C=O) groups is 1. The first-order chi connectivity index (χ1) is 9.02. The molecule has 0 aliphatic carbocycles. The molecular formula is C12H9F3N2O2. The lowest BCUT2D eigenvalue weighted by atomic mass is 10.3. The van der Waals surface area contributed by atoms with E-state index in [1.54, 1.807) is 6.92 Å². The van der Waals surface area contributed by atoms with Gasteiger partial charge in [-0.25, -0.2) is 22.9 Å². The van der Waals surface area contributed by atoms with Crippen molar-refractivity contribution in [2.45, 2.75) is 6.92 Å². The highest BCUT2D eigenvalue weighted by molar-refractivity contribution is 5.87. The van der Waals surface area contributed by atoms with Gasteiger partial charge in [0.05, 0.1) is 12.3 Å². The maximum absolute atomic E-state index is 13.5. The van der Waals surface area contributed by atoms with Crippen LogP contribution in [-0.4, -0.2) is 22.1 Å². The fourth-order valence-corrected chi connectivity index (χ4v) is 1.47. The Bertz CT molecular complexity index is 625. The van der Waals surface area contributed by atoms with Crippen molar-refractivity contribution in [2.75, 3.05) is 6.61 Å². The van der Waals surface area contributed by atoms with Gasteiger partial charge in [-0.1, -0.05) is 0 Å². The number of rotatable bonds is 3. The van der Waals surface area contributed by atoms with Crippen LogP contribution in [0.2, 0.25) is 0 Å². The molecule has 19 heavy (non-hydrogen) atoms. The zero-order valence-corrected chi connectivity index (χ0v) is 9.86. The number of imidazole rings is 1. The fourth-order valence-electron chi connectivity index (χ4n) is 1.47. The standard InChI is InChI=1S/C12H9F3N2O2/c1-2-19-12(18)10-5-17(6-16-10)11-4-8(14)7(13)3-9(11)15/h3-6H,2H2,1H3. The molecule has 0 amide bonds. The molecule has 0 aliphatic rings. The lowest BCUT2D eigenvalue weighted by Gasteiger charge is -2.04. The minimum absolute atomic E-state index is 0.0500. The molecule has 100 valence electrons. The van der Waals surface area contributed by atoms with Gasteiger partial charge in [-0.3, -0.25) is 0 Å². The number of hydrogen-bond acceptors (Lipinski definition) is 3. The predicted molar refractivity (Wildman–Crippen MR) is 59.4 cm³/mol. The Labute approximate surface area is 106 Å². The Morgan fingerprint density at radius 1 is 1.26 bits per heavy atom. The average Bonchev–Trinajstić information content (AvgIpc) is 2.83. The molecule has 7 heteroatoms. The number of benzene rings is 1. The smallest absolute Gasteiger partial charge is 0.358 e. The zero-order valence-electron chi connectivity index (χ0n) is 9.86. The molecule has 0 spiro atoms. The predicted octanol–water partition coefficient (Wildman–Crippen LogP) is 2.47. The summed E-state index contributed by atoms with van der Waals surface area (Å²) in [7, 11) is 0. The van der Waals surface area contributed by atoms with Crippen LogP contribution in [-0.2, 0) is 4.74 Å². The van der Waals surface area contributed by atoms with Crippen molar-refractivity contribution in [3.63, 3.8) is 0 Å². The summed E-state index contributed by atoms with van der Waals surface area (Å²) in [6, 6.07) is 1.11. The van der Waals surface area contributed by atoms with Crippen molar-refractivity contribution < 1.29 is 22.7 Å². The van der Waals surface area contributed by atoms with Crippen LogP contribution >= 0.6 is 0 Å². The van der Waals surface area contributed by atoms with Crippen LogP contribution in [0.1, 0.15) is 17.4 Å². The van der Waals surface area contributed by atoms with E-state index in [9.17, 15) is 18.0 Å². The van der Waals surface area contributed by atoms with E-state index in [2.05, 4.69) is 4.98 Å². The number of carbonyl (C=O) groups excluding carboxylic acids is 1. The summed E-state index contributed by atoms with van der Waals surface area (Å²) >= 11 is 0. The Kier molecular flexibility index (Phi) is 3.55. The molecular weight excluding hydrogens is 261 g/mol. The van der Waals surface area contributed by atoms with Crippen LogP contribution in [0.5, 0.6) is 0 Å². The second-order valence-electron chi connectivity index (χ2n) is 3.60. The third-order valence-electron chi connectivity index (χ3n) is 2.34. The van der Waals surface area contributed by atoms with E-state index in [4.69, 9.17) is 4.74 Å². The van der Waals surface area contributed by atoms with Gasteiger partial charge in [0.2, 0.25) is 0 Å². The van der Waals surface area contributed by atoms with E-state index in [1.807, 2.05) is 0 Å². The van der Waals surface area contributed by atoms with E-state index in [0.717, 1.165) is 10.9 Å². The maximum atomic E-state index is 13.5. The van der Waals surface area contributed by atoms with E-state index >= 15 is 0 Å². The van der Waals surface area contributed by atoms with E-state index in [-0.39, 0.29) is 18.0 Å². The monoisotopic (exact) mass is 270 g/mol. The molecule has 0 saturated heterocycles. The Balaban J connectivity index is 2.38. The Morgan fingerprint density at radius 3 is 2.63 bits per heavy atom. The summed E-state index contributed by atoms with van der Waals surface area (Å²) in [5.41, 5.74) is -0.298. The third kappa shape index (κ3) is 2.59. The van der Waals surface area contributed by atoms with Gasteiger partial charge in [-0.15, -0.1) is 0 Å². The van der Waals surface area contributed by atoms with E-state index < -0.39 is 23.4 Å². The second kappa shape index (κ2) is 5.13. The molecule has 0 unspecified atom stereocenters. The van der Waals surface area contributed by atoms with Crippen molar-refractivity contribution in [3.05, 3.63) is 47.8 Å². The lowest BCUT2D eigenvalue weighted by Crippen LogP contribution is -2.05. The highest BCUT2D eigenvalue weighted by Gasteiger charge is 2.15. The molecule has 0 bridgehead atoms. The Morgan fingerprint density at radius 2 is 1.95 bits per heavy atom. The van der Waals surface area contributed by atoms with Crippen molar-refractivity contribution in [2.24, 2.45) is 0 Å². The molecule has 2 aromatic rings. The summed E-state index contributed by atoms with van der Waals surface area (Å²) in [6.07, 6.45) is 2.29. The summed E-state index contributed by atoms with van der Waals surface area (Å²) in [4.78, 5) is 15.1. The molecule has 1 heterocycles. The minimum atomic E-state index is -1.29. The van der Waals surface area contributed by atoms with Gasteiger partial charge >= 0.3 is 5.97 Å². The van der Waals surface area contributed by atoms with Gasteiger partial charge in [-0.05, 0) is 6.92 Å². The average molecular weight is 270 g/mol. The van der Waals surface area contributed by atoms with Gasteiger partial charge in [0, 0.05) is 18.3 Å². The van der Waals surface area contributed by atoms with Crippen LogP contribution in [0, 0.1) is 17.5 Å². The van der Waals surface area contributed by atoms with Crippen LogP contribution in [0.25, 0.3) is 5.69 Å². The van der Waals surface area contributed by atoms with Crippen LogP contribution < -0.4 is 0 Å². The second-order valence-corrected chi connectivity index (χ2v) is 3.60. The highest BCUT2D eigenvalue weighted by Crippen LogP contribution is 2.18. The largest absolute Gasteiger partial charge is 0.461 e. The van der Waals surface area contributed by atoms with Crippen LogP contribution in [0.15, 0.2) is 24.7 Å². The molecule has 1 aromatic heterocycles. The normalized spacial score (nSPS) is 10.5.